The number of aliphatic hydroxyl groups is 1. The van der Waals surface area contributed by atoms with Crippen LogP contribution in [-0.2, 0) is 16.6 Å². The van der Waals surface area contributed by atoms with E-state index < -0.39 is 23.2 Å². The fourth-order valence-corrected chi connectivity index (χ4v) is 6.14. The number of rotatable bonds is 7. The average Bonchev–Trinajstić information content (AvgIpc) is 3.65. The molecule has 3 N–H and O–H groups in total. The standard InChI is InChI=1S/C29H36F3N5O3/c30-29(31,32)21-5-3-4-20(16-21)27(39)34-18-26(38)35-23-10-15-37(19-23)24-8-11-28(40,12-9-24)22-6-7-25(33-17-22)36-13-1-2-14-36/h3-7,16-17,23-24,40H,1-2,8-15,18-19H2,(H,34,39)(H,35,38). The molecule has 8 nitrogen and oxygen atoms in total. The summed E-state index contributed by atoms with van der Waals surface area (Å²) in [6.07, 6.45) is 3.42. The third kappa shape index (κ3) is 6.58. The number of anilines is 1. The molecular weight excluding hydrogens is 523 g/mol. The number of nitrogens with one attached hydrogen (secondary N) is 2. The van der Waals surface area contributed by atoms with Gasteiger partial charge in [-0.15, -0.1) is 0 Å². The van der Waals surface area contributed by atoms with Gasteiger partial charge in [-0.3, -0.25) is 14.5 Å². The van der Waals surface area contributed by atoms with Gasteiger partial charge in [0.05, 0.1) is 17.7 Å². The minimum absolute atomic E-state index is 0.0684. The Hall–Kier alpha value is -3.18. The van der Waals surface area contributed by atoms with Crippen LogP contribution in [0.4, 0.5) is 19.0 Å². The molecule has 5 rings (SSSR count). The molecule has 40 heavy (non-hydrogen) atoms. The number of carbonyl (C=O) groups is 2. The lowest BCUT2D eigenvalue weighted by Crippen LogP contribution is -2.45. The van der Waals surface area contributed by atoms with Crippen molar-refractivity contribution in [2.75, 3.05) is 37.6 Å². The van der Waals surface area contributed by atoms with Gasteiger partial charge < -0.3 is 20.6 Å². The van der Waals surface area contributed by atoms with Crippen molar-refractivity contribution >= 4 is 17.6 Å². The fourth-order valence-electron chi connectivity index (χ4n) is 6.14. The number of nitrogens with zero attached hydrogens (tertiary/aromatic N) is 3. The summed E-state index contributed by atoms with van der Waals surface area (Å²) < 4.78 is 38.7. The summed E-state index contributed by atoms with van der Waals surface area (Å²) in [4.78, 5) is 33.9. The maximum atomic E-state index is 12.9. The van der Waals surface area contributed by atoms with Crippen LogP contribution in [-0.4, -0.2) is 71.6 Å². The lowest BCUT2D eigenvalue weighted by molar-refractivity contribution is -0.137. The molecule has 2 aliphatic heterocycles. The summed E-state index contributed by atoms with van der Waals surface area (Å²) in [7, 11) is 0. The van der Waals surface area contributed by atoms with Gasteiger partial charge in [-0.25, -0.2) is 4.98 Å². The summed E-state index contributed by atoms with van der Waals surface area (Å²) in [5.74, 6) is -0.140. The molecule has 3 aliphatic rings. The molecular formula is C29H36F3N5O3. The zero-order chi connectivity index (χ0) is 28.3. The molecule has 3 heterocycles. The normalized spacial score (nSPS) is 25.6. The van der Waals surface area contributed by atoms with Crippen molar-refractivity contribution in [2.45, 2.75) is 68.8 Å². The molecule has 1 atom stereocenters. The molecule has 2 saturated heterocycles. The zero-order valence-corrected chi connectivity index (χ0v) is 22.4. The number of alkyl halides is 3. The van der Waals surface area contributed by atoms with Crippen molar-refractivity contribution in [3.05, 3.63) is 59.3 Å². The maximum Gasteiger partial charge on any atom is 0.416 e. The Bertz CT molecular complexity index is 1190. The van der Waals surface area contributed by atoms with Crippen LogP contribution in [0.3, 0.4) is 0 Å². The highest BCUT2D eigenvalue weighted by Gasteiger charge is 2.39. The minimum Gasteiger partial charge on any atom is -0.385 e. The van der Waals surface area contributed by atoms with Gasteiger partial charge in [0.1, 0.15) is 5.82 Å². The third-order valence-electron chi connectivity index (χ3n) is 8.46. The van der Waals surface area contributed by atoms with Gasteiger partial charge in [0.25, 0.3) is 5.91 Å². The van der Waals surface area contributed by atoms with E-state index in [-0.39, 0.29) is 24.1 Å². The number of pyridine rings is 1. The van der Waals surface area contributed by atoms with Crippen LogP contribution in [0.5, 0.6) is 0 Å². The molecule has 2 aromatic rings. The zero-order valence-electron chi connectivity index (χ0n) is 22.4. The Morgan fingerprint density at radius 2 is 1.80 bits per heavy atom. The Morgan fingerprint density at radius 3 is 2.48 bits per heavy atom. The molecule has 216 valence electrons. The van der Waals surface area contributed by atoms with Crippen molar-refractivity contribution in [1.29, 1.82) is 0 Å². The van der Waals surface area contributed by atoms with Gasteiger partial charge in [0.2, 0.25) is 5.91 Å². The van der Waals surface area contributed by atoms with Gasteiger partial charge >= 0.3 is 6.18 Å². The predicted molar refractivity (Wildman–Crippen MR) is 144 cm³/mol. The molecule has 11 heteroatoms. The van der Waals surface area contributed by atoms with E-state index in [4.69, 9.17) is 0 Å². The molecule has 1 aliphatic carbocycles. The number of likely N-dealkylation sites (tertiary alicyclic amines) is 1. The van der Waals surface area contributed by atoms with Crippen molar-refractivity contribution in [3.63, 3.8) is 0 Å². The van der Waals surface area contributed by atoms with Crippen LogP contribution in [0, 0.1) is 0 Å². The van der Waals surface area contributed by atoms with Gasteiger partial charge in [0.15, 0.2) is 0 Å². The largest absolute Gasteiger partial charge is 0.416 e. The van der Waals surface area contributed by atoms with Crippen LogP contribution < -0.4 is 15.5 Å². The fraction of sp³-hybridized carbons (Fsp3) is 0.552. The number of carbonyl (C=O) groups excluding carboxylic acids is 2. The van der Waals surface area contributed by atoms with E-state index in [9.17, 15) is 27.9 Å². The number of aromatic nitrogens is 1. The Balaban J connectivity index is 1.05. The van der Waals surface area contributed by atoms with E-state index in [0.29, 0.717) is 25.4 Å². The number of amides is 2. The first kappa shape index (κ1) is 28.4. The second-order valence-corrected chi connectivity index (χ2v) is 11.2. The van der Waals surface area contributed by atoms with Crippen LogP contribution in [0.15, 0.2) is 42.6 Å². The molecule has 3 fully saturated rings. The summed E-state index contributed by atoms with van der Waals surface area (Å²) in [5.41, 5.74) is -1.07. The van der Waals surface area contributed by atoms with E-state index in [1.54, 1.807) is 0 Å². The van der Waals surface area contributed by atoms with Crippen LogP contribution >= 0.6 is 0 Å². The Labute approximate surface area is 231 Å². The number of hydrogen-bond donors (Lipinski definition) is 3. The average molecular weight is 560 g/mol. The smallest absolute Gasteiger partial charge is 0.385 e. The second-order valence-electron chi connectivity index (χ2n) is 11.2. The number of halogens is 3. The summed E-state index contributed by atoms with van der Waals surface area (Å²) >= 11 is 0. The molecule has 0 bridgehead atoms. The van der Waals surface area contributed by atoms with Crippen LogP contribution in [0.1, 0.15) is 66.4 Å². The Morgan fingerprint density at radius 1 is 1.05 bits per heavy atom. The van der Waals surface area contributed by atoms with Crippen molar-refractivity contribution < 1.29 is 27.9 Å². The van der Waals surface area contributed by atoms with Crippen molar-refractivity contribution in [3.8, 4) is 0 Å². The molecule has 1 aromatic carbocycles. The summed E-state index contributed by atoms with van der Waals surface area (Å²) in [5, 5.41) is 16.7. The monoisotopic (exact) mass is 559 g/mol. The quantitative estimate of drug-likeness (QED) is 0.481. The van der Waals surface area contributed by atoms with Gasteiger partial charge in [0, 0.05) is 55.6 Å². The highest BCUT2D eigenvalue weighted by atomic mass is 19.4. The highest BCUT2D eigenvalue weighted by Crippen LogP contribution is 2.39. The van der Waals surface area contributed by atoms with E-state index >= 15 is 0 Å². The first-order valence-electron chi connectivity index (χ1n) is 14.0. The van der Waals surface area contributed by atoms with Gasteiger partial charge in [-0.1, -0.05) is 12.1 Å². The Kier molecular flexibility index (Phi) is 8.32. The molecule has 0 radical (unpaired) electrons. The first-order valence-corrected chi connectivity index (χ1v) is 14.0. The van der Waals surface area contributed by atoms with Crippen molar-refractivity contribution in [2.24, 2.45) is 0 Å². The lowest BCUT2D eigenvalue weighted by Gasteiger charge is -2.40. The van der Waals surface area contributed by atoms with Crippen LogP contribution in [0.25, 0.3) is 0 Å². The SMILES string of the molecule is O=C(CNC(=O)c1cccc(C(F)(F)F)c1)NC1CCN(C2CCC(O)(c3ccc(N4CCCC4)nc3)CC2)C1. The summed E-state index contributed by atoms with van der Waals surface area (Å²) in [6.45, 7) is 3.26. The minimum atomic E-state index is -4.55. The van der Waals surface area contributed by atoms with Crippen molar-refractivity contribution in [1.82, 2.24) is 20.5 Å². The summed E-state index contributed by atoms with van der Waals surface area (Å²) in [6, 6.07) is 8.39. The lowest BCUT2D eigenvalue weighted by atomic mass is 9.78. The second kappa shape index (κ2) is 11.7. The third-order valence-corrected chi connectivity index (χ3v) is 8.46. The van der Waals surface area contributed by atoms with Gasteiger partial charge in [-0.05, 0) is 69.2 Å². The van der Waals surface area contributed by atoms with E-state index in [0.717, 1.165) is 62.4 Å². The van der Waals surface area contributed by atoms with E-state index in [1.165, 1.54) is 25.0 Å². The van der Waals surface area contributed by atoms with E-state index in [2.05, 4.69) is 25.4 Å². The topological polar surface area (TPSA) is 97.8 Å². The highest BCUT2D eigenvalue weighted by molar-refractivity contribution is 5.96. The van der Waals surface area contributed by atoms with Crippen LogP contribution in [0.2, 0.25) is 0 Å². The first-order chi connectivity index (χ1) is 19.1. The maximum absolute atomic E-state index is 12.9. The predicted octanol–water partition coefficient (Wildman–Crippen LogP) is 3.45. The number of hydrogen-bond acceptors (Lipinski definition) is 6. The molecule has 1 unspecified atom stereocenters. The molecule has 0 spiro atoms. The van der Waals surface area contributed by atoms with Gasteiger partial charge in [-0.2, -0.15) is 13.2 Å². The van der Waals surface area contributed by atoms with E-state index in [1.807, 2.05) is 18.3 Å². The molecule has 1 aromatic heterocycles. The molecule has 2 amide bonds. The molecule has 1 saturated carbocycles. The number of benzene rings is 1.